The van der Waals surface area contributed by atoms with E-state index in [0.29, 0.717) is 0 Å². The number of aromatic nitrogens is 2. The predicted octanol–water partition coefficient (Wildman–Crippen LogP) is 3.58. The second-order valence-electron chi connectivity index (χ2n) is 4.35. The van der Waals surface area contributed by atoms with E-state index in [9.17, 15) is 0 Å². The van der Waals surface area contributed by atoms with Crippen molar-refractivity contribution in [2.24, 2.45) is 0 Å². The van der Waals surface area contributed by atoms with Crippen molar-refractivity contribution in [2.45, 2.75) is 19.9 Å². The summed E-state index contributed by atoms with van der Waals surface area (Å²) in [7, 11) is 1.73. The number of halogens is 1. The second kappa shape index (κ2) is 6.91. The van der Waals surface area contributed by atoms with Crippen LogP contribution in [-0.4, -0.2) is 23.3 Å². The van der Waals surface area contributed by atoms with Crippen molar-refractivity contribution in [1.82, 2.24) is 9.55 Å². The maximum atomic E-state index is 5.09. The van der Waals surface area contributed by atoms with E-state index >= 15 is 0 Å². The van der Waals surface area contributed by atoms with E-state index < -0.39 is 0 Å². The molecule has 0 saturated heterocycles. The molecule has 0 aliphatic rings. The van der Waals surface area contributed by atoms with Crippen molar-refractivity contribution in [3.8, 4) is 0 Å². The van der Waals surface area contributed by atoms with Gasteiger partial charge in [0.25, 0.3) is 0 Å². The molecule has 0 aliphatic heterocycles. The molecule has 0 unspecified atom stereocenters. The predicted molar refractivity (Wildman–Crippen MR) is 85.9 cm³/mol. The van der Waals surface area contributed by atoms with Gasteiger partial charge in [0.05, 0.1) is 11.4 Å². The van der Waals surface area contributed by atoms with Gasteiger partial charge in [0.15, 0.2) is 0 Å². The molecule has 0 spiro atoms. The number of nitrogens with one attached hydrogen (secondary N) is 1. The zero-order valence-corrected chi connectivity index (χ0v) is 13.3. The largest absolute Gasteiger partial charge is 0.385 e. The molecule has 0 radical (unpaired) electrons. The fourth-order valence-electron chi connectivity index (χ4n) is 1.88. The first kappa shape index (κ1) is 14.3. The summed E-state index contributed by atoms with van der Waals surface area (Å²) in [5, 5.41) is 3.39. The lowest BCUT2D eigenvalue weighted by atomic mass is 10.3. The Morgan fingerprint density at radius 2 is 2.16 bits per heavy atom. The summed E-state index contributed by atoms with van der Waals surface area (Å²) in [6.07, 6.45) is 3.04. The Bertz CT molecular complexity index is 539. The SMILES string of the molecule is COCCCn1cc(C)nc1Nc1ccccc1I. The molecule has 5 heteroatoms. The van der Waals surface area contributed by atoms with Crippen LogP contribution in [0.5, 0.6) is 0 Å². The maximum absolute atomic E-state index is 5.09. The van der Waals surface area contributed by atoms with Crippen molar-refractivity contribution in [2.75, 3.05) is 19.0 Å². The number of para-hydroxylation sites is 1. The van der Waals surface area contributed by atoms with E-state index in [1.54, 1.807) is 7.11 Å². The highest BCUT2D eigenvalue weighted by molar-refractivity contribution is 14.1. The number of ether oxygens (including phenoxy) is 1. The third-order valence-electron chi connectivity index (χ3n) is 2.76. The normalized spacial score (nSPS) is 10.7. The number of hydrogen-bond donors (Lipinski definition) is 1. The van der Waals surface area contributed by atoms with Gasteiger partial charge < -0.3 is 14.6 Å². The molecule has 19 heavy (non-hydrogen) atoms. The molecule has 0 aliphatic carbocycles. The van der Waals surface area contributed by atoms with E-state index in [0.717, 1.165) is 36.9 Å². The van der Waals surface area contributed by atoms with Crippen LogP contribution in [0, 0.1) is 10.5 Å². The number of hydrogen-bond acceptors (Lipinski definition) is 3. The van der Waals surface area contributed by atoms with Crippen LogP contribution in [0.15, 0.2) is 30.5 Å². The molecule has 1 N–H and O–H groups in total. The van der Waals surface area contributed by atoms with Gasteiger partial charge in [-0.25, -0.2) is 4.98 Å². The molecule has 1 heterocycles. The van der Waals surface area contributed by atoms with E-state index in [1.807, 2.05) is 19.1 Å². The molecule has 2 rings (SSSR count). The Balaban J connectivity index is 2.13. The Labute approximate surface area is 127 Å². The minimum Gasteiger partial charge on any atom is -0.385 e. The summed E-state index contributed by atoms with van der Waals surface area (Å²) in [6, 6.07) is 8.19. The zero-order valence-electron chi connectivity index (χ0n) is 11.2. The van der Waals surface area contributed by atoms with E-state index in [1.165, 1.54) is 3.57 Å². The average Bonchev–Trinajstić information content (AvgIpc) is 2.73. The summed E-state index contributed by atoms with van der Waals surface area (Å²) < 4.78 is 8.41. The van der Waals surface area contributed by atoms with Crippen LogP contribution in [0.2, 0.25) is 0 Å². The highest BCUT2D eigenvalue weighted by Gasteiger charge is 2.07. The molecule has 0 amide bonds. The van der Waals surface area contributed by atoms with Crippen LogP contribution in [0.4, 0.5) is 11.6 Å². The van der Waals surface area contributed by atoms with Crippen LogP contribution in [0.3, 0.4) is 0 Å². The van der Waals surface area contributed by atoms with Gasteiger partial charge in [0, 0.05) is 30.0 Å². The monoisotopic (exact) mass is 371 g/mol. The first-order valence-electron chi connectivity index (χ1n) is 6.25. The molecule has 0 bridgehead atoms. The Hall–Kier alpha value is -1.08. The molecule has 1 aromatic carbocycles. The third kappa shape index (κ3) is 3.94. The summed E-state index contributed by atoms with van der Waals surface area (Å²) in [4.78, 5) is 4.53. The quantitative estimate of drug-likeness (QED) is 0.623. The lowest BCUT2D eigenvalue weighted by molar-refractivity contribution is 0.190. The lowest BCUT2D eigenvalue weighted by Gasteiger charge is -2.10. The number of aryl methyl sites for hydroxylation is 2. The highest BCUT2D eigenvalue weighted by atomic mass is 127. The number of imidazole rings is 1. The number of benzene rings is 1. The maximum Gasteiger partial charge on any atom is 0.207 e. The number of anilines is 2. The molecular weight excluding hydrogens is 353 g/mol. The van der Waals surface area contributed by atoms with Crippen molar-refractivity contribution < 1.29 is 4.74 Å². The molecular formula is C14H18IN3O. The van der Waals surface area contributed by atoms with E-state index in [2.05, 4.69) is 55.8 Å². The van der Waals surface area contributed by atoms with Crippen molar-refractivity contribution in [3.63, 3.8) is 0 Å². The van der Waals surface area contributed by atoms with Gasteiger partial charge in [-0.2, -0.15) is 0 Å². The lowest BCUT2D eigenvalue weighted by Crippen LogP contribution is -2.05. The summed E-state index contributed by atoms with van der Waals surface area (Å²) >= 11 is 2.32. The molecule has 0 atom stereocenters. The van der Waals surface area contributed by atoms with Crippen LogP contribution in [-0.2, 0) is 11.3 Å². The van der Waals surface area contributed by atoms with Gasteiger partial charge >= 0.3 is 0 Å². The molecule has 4 nitrogen and oxygen atoms in total. The number of nitrogens with zero attached hydrogens (tertiary/aromatic N) is 2. The zero-order chi connectivity index (χ0) is 13.7. The fourth-order valence-corrected chi connectivity index (χ4v) is 2.40. The summed E-state index contributed by atoms with van der Waals surface area (Å²) in [5.74, 6) is 0.887. The Morgan fingerprint density at radius 3 is 2.89 bits per heavy atom. The average molecular weight is 371 g/mol. The Kier molecular flexibility index (Phi) is 5.21. The van der Waals surface area contributed by atoms with Gasteiger partial charge in [-0.15, -0.1) is 0 Å². The third-order valence-corrected chi connectivity index (χ3v) is 3.71. The minimum atomic E-state index is 0.763. The smallest absolute Gasteiger partial charge is 0.207 e. The summed E-state index contributed by atoms with van der Waals surface area (Å²) in [6.45, 7) is 3.67. The standard InChI is InChI=1S/C14H18IN3O/c1-11-10-18(8-5-9-19-2)14(16-11)17-13-7-4-3-6-12(13)15/h3-4,6-7,10H,5,8-9H2,1-2H3,(H,16,17). The van der Waals surface area contributed by atoms with Gasteiger partial charge in [-0.1, -0.05) is 12.1 Å². The van der Waals surface area contributed by atoms with Crippen LogP contribution in [0.25, 0.3) is 0 Å². The first-order chi connectivity index (χ1) is 9.20. The summed E-state index contributed by atoms with van der Waals surface area (Å²) in [5.41, 5.74) is 2.10. The molecule has 0 fully saturated rings. The first-order valence-corrected chi connectivity index (χ1v) is 7.33. The van der Waals surface area contributed by atoms with Gasteiger partial charge in [0.2, 0.25) is 5.95 Å². The van der Waals surface area contributed by atoms with Crippen molar-refractivity contribution in [3.05, 3.63) is 39.7 Å². The van der Waals surface area contributed by atoms with Gasteiger partial charge in [-0.05, 0) is 48.1 Å². The fraction of sp³-hybridized carbons (Fsp3) is 0.357. The van der Waals surface area contributed by atoms with Crippen LogP contribution >= 0.6 is 22.6 Å². The highest BCUT2D eigenvalue weighted by Crippen LogP contribution is 2.22. The molecule has 2 aromatic rings. The van der Waals surface area contributed by atoms with Crippen LogP contribution < -0.4 is 5.32 Å². The molecule has 1 aromatic heterocycles. The van der Waals surface area contributed by atoms with E-state index in [4.69, 9.17) is 4.74 Å². The molecule has 102 valence electrons. The number of methoxy groups -OCH3 is 1. The Morgan fingerprint density at radius 1 is 1.37 bits per heavy atom. The van der Waals surface area contributed by atoms with Crippen molar-refractivity contribution in [1.29, 1.82) is 0 Å². The van der Waals surface area contributed by atoms with Gasteiger partial charge in [0.1, 0.15) is 0 Å². The number of rotatable bonds is 6. The molecule has 0 saturated carbocycles. The topological polar surface area (TPSA) is 39.1 Å². The van der Waals surface area contributed by atoms with Crippen LogP contribution in [0.1, 0.15) is 12.1 Å². The van der Waals surface area contributed by atoms with Crippen molar-refractivity contribution >= 4 is 34.2 Å². The van der Waals surface area contributed by atoms with E-state index in [-0.39, 0.29) is 0 Å². The minimum absolute atomic E-state index is 0.763. The second-order valence-corrected chi connectivity index (χ2v) is 5.51. The van der Waals surface area contributed by atoms with Gasteiger partial charge in [-0.3, -0.25) is 0 Å².